The molecule has 1 amide bonds. The third kappa shape index (κ3) is 4.69. The number of anilines is 2. The first-order valence-electron chi connectivity index (χ1n) is 8.35. The molecule has 138 valence electrons. The van der Waals surface area contributed by atoms with Crippen LogP contribution in [0.3, 0.4) is 0 Å². The van der Waals surface area contributed by atoms with Gasteiger partial charge in [0.05, 0.1) is 30.7 Å². The molecule has 2 N–H and O–H groups in total. The number of hydrogen-bond acceptors (Lipinski definition) is 7. The minimum absolute atomic E-state index is 0.172. The first-order chi connectivity index (χ1) is 13.2. The highest BCUT2D eigenvalue weighted by Gasteiger charge is 2.13. The minimum Gasteiger partial charge on any atom is -0.467 e. The van der Waals surface area contributed by atoms with E-state index in [0.29, 0.717) is 22.8 Å². The van der Waals surface area contributed by atoms with Crippen molar-refractivity contribution in [3.63, 3.8) is 0 Å². The Hall–Kier alpha value is -3.68. The summed E-state index contributed by atoms with van der Waals surface area (Å²) in [7, 11) is 0. The number of furan rings is 1. The summed E-state index contributed by atoms with van der Waals surface area (Å²) in [6, 6.07) is 13.6. The monoisotopic (exact) mass is 366 g/mol. The SMILES string of the molecule is CCOC(=O)c1ccccc1Nc1ccc(C(=O)NCc2ccco2)nn1. The number of amides is 1. The fourth-order valence-electron chi connectivity index (χ4n) is 2.31. The molecular formula is C19H18N4O4. The number of benzene rings is 1. The van der Waals surface area contributed by atoms with Crippen LogP contribution in [-0.4, -0.2) is 28.7 Å². The predicted molar refractivity (Wildman–Crippen MR) is 97.6 cm³/mol. The van der Waals surface area contributed by atoms with E-state index in [9.17, 15) is 9.59 Å². The summed E-state index contributed by atoms with van der Waals surface area (Å²) >= 11 is 0. The number of nitrogens with one attached hydrogen (secondary N) is 2. The molecule has 2 aromatic heterocycles. The molecule has 0 radical (unpaired) electrons. The van der Waals surface area contributed by atoms with Gasteiger partial charge in [-0.2, -0.15) is 0 Å². The lowest BCUT2D eigenvalue weighted by Crippen LogP contribution is -2.24. The van der Waals surface area contributed by atoms with Crippen molar-refractivity contribution in [2.24, 2.45) is 0 Å². The van der Waals surface area contributed by atoms with Gasteiger partial charge in [-0.3, -0.25) is 4.79 Å². The van der Waals surface area contributed by atoms with Gasteiger partial charge < -0.3 is 19.8 Å². The Labute approximate surface area is 155 Å². The van der Waals surface area contributed by atoms with Crippen molar-refractivity contribution in [1.82, 2.24) is 15.5 Å². The number of carbonyl (C=O) groups excluding carboxylic acids is 2. The van der Waals surface area contributed by atoms with Crippen molar-refractivity contribution >= 4 is 23.4 Å². The fraction of sp³-hybridized carbons (Fsp3) is 0.158. The zero-order chi connectivity index (χ0) is 19.1. The number of carbonyl (C=O) groups is 2. The van der Waals surface area contributed by atoms with E-state index in [1.54, 1.807) is 55.5 Å². The van der Waals surface area contributed by atoms with E-state index in [1.165, 1.54) is 6.26 Å². The molecule has 0 saturated carbocycles. The van der Waals surface area contributed by atoms with Gasteiger partial charge in [0.15, 0.2) is 11.5 Å². The van der Waals surface area contributed by atoms with Crippen molar-refractivity contribution in [1.29, 1.82) is 0 Å². The molecule has 3 aromatic rings. The van der Waals surface area contributed by atoms with Crippen molar-refractivity contribution in [3.8, 4) is 0 Å². The second-order valence-electron chi connectivity index (χ2n) is 5.46. The zero-order valence-electron chi connectivity index (χ0n) is 14.6. The molecular weight excluding hydrogens is 348 g/mol. The molecule has 0 aliphatic rings. The van der Waals surface area contributed by atoms with Crippen LogP contribution in [0.2, 0.25) is 0 Å². The summed E-state index contributed by atoms with van der Waals surface area (Å²) in [5.74, 6) is 0.249. The van der Waals surface area contributed by atoms with Gasteiger partial charge in [-0.25, -0.2) is 4.79 Å². The molecule has 3 rings (SSSR count). The van der Waals surface area contributed by atoms with E-state index in [0.717, 1.165) is 0 Å². The minimum atomic E-state index is -0.428. The molecule has 0 unspecified atom stereocenters. The van der Waals surface area contributed by atoms with Gasteiger partial charge in [0.25, 0.3) is 5.91 Å². The number of rotatable bonds is 7. The maximum Gasteiger partial charge on any atom is 0.340 e. The quantitative estimate of drug-likeness (QED) is 0.619. The van der Waals surface area contributed by atoms with Crippen molar-refractivity contribution < 1.29 is 18.7 Å². The second kappa shape index (κ2) is 8.61. The molecule has 0 spiro atoms. The Balaban J connectivity index is 1.66. The summed E-state index contributed by atoms with van der Waals surface area (Å²) in [5.41, 5.74) is 1.10. The largest absolute Gasteiger partial charge is 0.467 e. The van der Waals surface area contributed by atoms with Gasteiger partial charge in [0.2, 0.25) is 0 Å². The molecule has 8 heteroatoms. The molecule has 0 fully saturated rings. The Morgan fingerprint density at radius 3 is 2.63 bits per heavy atom. The lowest BCUT2D eigenvalue weighted by atomic mass is 10.2. The highest BCUT2D eigenvalue weighted by atomic mass is 16.5. The third-order valence-electron chi connectivity index (χ3n) is 3.59. The molecule has 0 saturated heterocycles. The van der Waals surface area contributed by atoms with Crippen molar-refractivity contribution in [3.05, 3.63) is 71.8 Å². The van der Waals surface area contributed by atoms with Crippen LogP contribution in [0.15, 0.2) is 59.2 Å². The maximum absolute atomic E-state index is 12.1. The zero-order valence-corrected chi connectivity index (χ0v) is 14.6. The van der Waals surface area contributed by atoms with Gasteiger partial charge in [0, 0.05) is 0 Å². The number of para-hydroxylation sites is 1. The number of ether oxygens (including phenoxy) is 1. The predicted octanol–water partition coefficient (Wildman–Crippen LogP) is 2.92. The Morgan fingerprint density at radius 1 is 1.07 bits per heavy atom. The standard InChI is InChI=1S/C19H18N4O4/c1-2-26-19(25)14-7-3-4-8-15(14)21-17-10-9-16(22-23-17)18(24)20-12-13-6-5-11-27-13/h3-11H,2,12H2,1H3,(H,20,24)(H,21,23). The smallest absolute Gasteiger partial charge is 0.340 e. The van der Waals surface area contributed by atoms with Gasteiger partial charge in [0.1, 0.15) is 5.76 Å². The number of hydrogen-bond donors (Lipinski definition) is 2. The molecule has 1 aromatic carbocycles. The van der Waals surface area contributed by atoms with Crippen LogP contribution in [0.1, 0.15) is 33.5 Å². The average molecular weight is 366 g/mol. The third-order valence-corrected chi connectivity index (χ3v) is 3.59. The summed E-state index contributed by atoms with van der Waals surface area (Å²) in [5, 5.41) is 13.6. The fourth-order valence-corrected chi connectivity index (χ4v) is 2.31. The van der Waals surface area contributed by atoms with Crippen molar-refractivity contribution in [2.45, 2.75) is 13.5 Å². The Morgan fingerprint density at radius 2 is 1.93 bits per heavy atom. The topological polar surface area (TPSA) is 106 Å². The van der Waals surface area contributed by atoms with Crippen LogP contribution in [-0.2, 0) is 11.3 Å². The van der Waals surface area contributed by atoms with Crippen LogP contribution in [0.5, 0.6) is 0 Å². The Kier molecular flexibility index (Phi) is 5.78. The van der Waals surface area contributed by atoms with Gasteiger partial charge in [-0.05, 0) is 43.3 Å². The molecule has 2 heterocycles. The van der Waals surface area contributed by atoms with Crippen LogP contribution >= 0.6 is 0 Å². The lowest BCUT2D eigenvalue weighted by molar-refractivity contribution is 0.0527. The van der Waals surface area contributed by atoms with Crippen LogP contribution < -0.4 is 10.6 Å². The molecule has 0 atom stereocenters. The second-order valence-corrected chi connectivity index (χ2v) is 5.46. The van der Waals surface area contributed by atoms with Crippen LogP contribution in [0, 0.1) is 0 Å². The number of aromatic nitrogens is 2. The summed E-state index contributed by atoms with van der Waals surface area (Å²) in [6.07, 6.45) is 1.54. The highest BCUT2D eigenvalue weighted by molar-refractivity contribution is 5.96. The summed E-state index contributed by atoms with van der Waals surface area (Å²) in [6.45, 7) is 2.30. The Bertz CT molecular complexity index is 908. The highest BCUT2D eigenvalue weighted by Crippen LogP contribution is 2.20. The summed E-state index contributed by atoms with van der Waals surface area (Å²) in [4.78, 5) is 24.1. The average Bonchev–Trinajstić information content (AvgIpc) is 3.21. The van der Waals surface area contributed by atoms with E-state index in [1.807, 2.05) is 0 Å². The molecule has 27 heavy (non-hydrogen) atoms. The maximum atomic E-state index is 12.1. The molecule has 0 aliphatic heterocycles. The van der Waals surface area contributed by atoms with Crippen molar-refractivity contribution in [2.75, 3.05) is 11.9 Å². The van der Waals surface area contributed by atoms with E-state index < -0.39 is 5.97 Å². The van der Waals surface area contributed by atoms with E-state index in [2.05, 4.69) is 20.8 Å². The molecule has 8 nitrogen and oxygen atoms in total. The number of esters is 1. The summed E-state index contributed by atoms with van der Waals surface area (Å²) < 4.78 is 10.2. The molecule has 0 bridgehead atoms. The van der Waals surface area contributed by atoms with Gasteiger partial charge in [-0.1, -0.05) is 12.1 Å². The molecule has 0 aliphatic carbocycles. The van der Waals surface area contributed by atoms with E-state index >= 15 is 0 Å². The van der Waals surface area contributed by atoms with Crippen LogP contribution in [0.25, 0.3) is 0 Å². The van der Waals surface area contributed by atoms with Gasteiger partial charge in [-0.15, -0.1) is 10.2 Å². The lowest BCUT2D eigenvalue weighted by Gasteiger charge is -2.10. The first kappa shape index (κ1) is 18.1. The first-order valence-corrected chi connectivity index (χ1v) is 8.35. The van der Waals surface area contributed by atoms with Gasteiger partial charge >= 0.3 is 5.97 Å². The van der Waals surface area contributed by atoms with E-state index in [-0.39, 0.29) is 24.8 Å². The van der Waals surface area contributed by atoms with Crippen LogP contribution in [0.4, 0.5) is 11.5 Å². The normalized spacial score (nSPS) is 10.3. The van der Waals surface area contributed by atoms with E-state index in [4.69, 9.17) is 9.15 Å². The number of nitrogens with zero attached hydrogens (tertiary/aromatic N) is 2.